The Balaban J connectivity index is 1.29. The number of allylic oxidation sites excluding steroid dienone is 5. The van der Waals surface area contributed by atoms with Gasteiger partial charge in [0.25, 0.3) is 0 Å². The van der Waals surface area contributed by atoms with Gasteiger partial charge < -0.3 is 0 Å². The van der Waals surface area contributed by atoms with Crippen LogP contribution in [0.4, 0.5) is 0 Å². The molecule has 0 atom stereocenters. The molecule has 0 radical (unpaired) electrons. The molecule has 2 aliphatic carbocycles. The molecule has 236 valence electrons. The molecule has 7 aromatic rings. The lowest BCUT2D eigenvalue weighted by Crippen LogP contribution is -2.25. The van der Waals surface area contributed by atoms with Gasteiger partial charge in [0, 0.05) is 5.56 Å². The third-order valence-corrected chi connectivity index (χ3v) is 10.4. The molecule has 0 fully saturated rings. The van der Waals surface area contributed by atoms with Crippen molar-refractivity contribution in [3.05, 3.63) is 217 Å². The first-order valence-corrected chi connectivity index (χ1v) is 17.3. The first-order valence-electron chi connectivity index (χ1n) is 17.3. The molecule has 1 aromatic heterocycles. The highest BCUT2D eigenvalue weighted by molar-refractivity contribution is 6.00. The largest absolute Gasteiger partial charge is 0.248 e. The Kier molecular flexibility index (Phi) is 7.14. The molecule has 0 aliphatic heterocycles. The Morgan fingerprint density at radius 3 is 1.72 bits per heavy atom. The quantitative estimate of drug-likeness (QED) is 0.165. The molecule has 50 heavy (non-hydrogen) atoms. The summed E-state index contributed by atoms with van der Waals surface area (Å²) < 4.78 is 0. The topological polar surface area (TPSA) is 12.9 Å². The van der Waals surface area contributed by atoms with Gasteiger partial charge in [-0.1, -0.05) is 176 Å². The van der Waals surface area contributed by atoms with Crippen molar-refractivity contribution >= 4 is 5.57 Å². The second kappa shape index (κ2) is 12.0. The van der Waals surface area contributed by atoms with Gasteiger partial charge >= 0.3 is 0 Å². The normalized spacial score (nSPS) is 13.6. The smallest absolute Gasteiger partial charge is 0.0725 e. The van der Waals surface area contributed by atoms with Gasteiger partial charge in [0.2, 0.25) is 0 Å². The van der Waals surface area contributed by atoms with Crippen molar-refractivity contribution in [1.29, 1.82) is 0 Å². The van der Waals surface area contributed by atoms with E-state index in [1.807, 2.05) is 19.1 Å². The van der Waals surface area contributed by atoms with Gasteiger partial charge in [-0.05, 0) is 91.4 Å². The highest BCUT2D eigenvalue weighted by Gasteiger charge is 2.51. The maximum absolute atomic E-state index is 5.25. The van der Waals surface area contributed by atoms with E-state index >= 15 is 0 Å². The van der Waals surface area contributed by atoms with Gasteiger partial charge in [-0.2, -0.15) is 0 Å². The first-order chi connectivity index (χ1) is 24.7. The van der Waals surface area contributed by atoms with E-state index in [2.05, 4.69) is 176 Å². The van der Waals surface area contributed by atoms with Crippen LogP contribution in [0, 0.1) is 0 Å². The van der Waals surface area contributed by atoms with Crippen molar-refractivity contribution in [2.45, 2.75) is 12.3 Å². The van der Waals surface area contributed by atoms with Crippen molar-refractivity contribution in [1.82, 2.24) is 4.98 Å². The average Bonchev–Trinajstić information content (AvgIpc) is 3.66. The number of rotatable bonds is 6. The maximum Gasteiger partial charge on any atom is 0.0725 e. The van der Waals surface area contributed by atoms with Gasteiger partial charge in [-0.3, -0.25) is 0 Å². The molecule has 1 nitrogen and oxygen atoms in total. The number of hydrogen-bond acceptors (Lipinski definition) is 1. The van der Waals surface area contributed by atoms with E-state index in [9.17, 15) is 0 Å². The van der Waals surface area contributed by atoms with Crippen LogP contribution in [0.2, 0.25) is 0 Å². The summed E-state index contributed by atoms with van der Waals surface area (Å²) in [4.78, 5) is 5.25. The standard InChI is InChI=1S/C49H35N/c1-3-5-16-33(4-2)46-31-37(32-47(50-46)36-29-27-35(28-30-36)34-17-7-6-8-18-34)38-22-15-26-45-48(38)41-21-11-14-25-44(41)49(45)42-23-12-9-19-39(42)40-20-10-13-24-43(40)49/h3-32H,2H2,1H3/b5-3-,33-16+. The van der Waals surface area contributed by atoms with Crippen molar-refractivity contribution in [2.75, 3.05) is 0 Å². The fraction of sp³-hybridized carbons (Fsp3) is 0.0408. The van der Waals surface area contributed by atoms with E-state index in [4.69, 9.17) is 4.98 Å². The summed E-state index contributed by atoms with van der Waals surface area (Å²) in [7, 11) is 0. The van der Waals surface area contributed by atoms with Crippen LogP contribution in [-0.4, -0.2) is 4.98 Å². The predicted octanol–water partition coefficient (Wildman–Crippen LogP) is 12.6. The minimum atomic E-state index is -0.390. The zero-order valence-electron chi connectivity index (χ0n) is 28.0. The zero-order chi connectivity index (χ0) is 33.7. The lowest BCUT2D eigenvalue weighted by Gasteiger charge is -2.30. The maximum atomic E-state index is 5.25. The number of fused-ring (bicyclic) bond motifs is 10. The highest BCUT2D eigenvalue weighted by Crippen LogP contribution is 2.63. The van der Waals surface area contributed by atoms with Gasteiger partial charge in [0.1, 0.15) is 0 Å². The van der Waals surface area contributed by atoms with Crippen LogP contribution >= 0.6 is 0 Å². The summed E-state index contributed by atoms with van der Waals surface area (Å²) in [6.07, 6.45) is 8.08. The molecule has 9 rings (SSSR count). The summed E-state index contributed by atoms with van der Waals surface area (Å²) >= 11 is 0. The Morgan fingerprint density at radius 2 is 1.06 bits per heavy atom. The Labute approximate surface area is 294 Å². The first kappa shape index (κ1) is 29.8. The Bertz CT molecular complexity index is 2450. The Hall–Kier alpha value is -6.31. The summed E-state index contributed by atoms with van der Waals surface area (Å²) in [6.45, 7) is 6.20. The molecule has 0 amide bonds. The summed E-state index contributed by atoms with van der Waals surface area (Å²) in [5.41, 5.74) is 18.8. The van der Waals surface area contributed by atoms with Crippen LogP contribution in [0.1, 0.15) is 34.9 Å². The zero-order valence-corrected chi connectivity index (χ0v) is 28.0. The van der Waals surface area contributed by atoms with Crippen molar-refractivity contribution in [3.8, 4) is 55.8 Å². The number of aromatic nitrogens is 1. The van der Waals surface area contributed by atoms with E-state index < -0.39 is 0 Å². The molecule has 0 unspecified atom stereocenters. The van der Waals surface area contributed by atoms with Crippen LogP contribution in [-0.2, 0) is 5.41 Å². The molecular weight excluding hydrogens is 603 g/mol. The van der Waals surface area contributed by atoms with Crippen LogP contribution in [0.25, 0.3) is 61.3 Å². The molecule has 1 heteroatoms. The summed E-state index contributed by atoms with van der Waals surface area (Å²) in [5, 5.41) is 0. The van der Waals surface area contributed by atoms with Gasteiger partial charge in [-0.25, -0.2) is 4.98 Å². The Morgan fingerprint density at radius 1 is 0.520 bits per heavy atom. The van der Waals surface area contributed by atoms with E-state index in [-0.39, 0.29) is 5.41 Å². The van der Waals surface area contributed by atoms with E-state index in [1.54, 1.807) is 0 Å². The van der Waals surface area contributed by atoms with E-state index in [0.717, 1.165) is 28.1 Å². The second-order valence-corrected chi connectivity index (χ2v) is 13.0. The molecule has 1 heterocycles. The molecule has 0 bridgehead atoms. The molecular formula is C49H35N. The number of hydrogen-bond donors (Lipinski definition) is 0. The molecule has 6 aromatic carbocycles. The fourth-order valence-corrected chi connectivity index (χ4v) is 8.29. The lowest BCUT2D eigenvalue weighted by atomic mass is 9.70. The van der Waals surface area contributed by atoms with Crippen LogP contribution in [0.5, 0.6) is 0 Å². The molecule has 1 spiro atoms. The fourth-order valence-electron chi connectivity index (χ4n) is 8.29. The van der Waals surface area contributed by atoms with Crippen LogP contribution in [0.3, 0.4) is 0 Å². The summed E-state index contributed by atoms with van der Waals surface area (Å²) in [6, 6.07) is 57.6. The number of pyridine rings is 1. The average molecular weight is 638 g/mol. The molecule has 0 N–H and O–H groups in total. The number of benzene rings is 6. The van der Waals surface area contributed by atoms with Gasteiger partial charge in [0.15, 0.2) is 0 Å². The minimum Gasteiger partial charge on any atom is -0.248 e. The lowest BCUT2D eigenvalue weighted by molar-refractivity contribution is 0.794. The predicted molar refractivity (Wildman–Crippen MR) is 210 cm³/mol. The third kappa shape index (κ3) is 4.44. The van der Waals surface area contributed by atoms with E-state index in [0.29, 0.717) is 0 Å². The SMILES string of the molecule is C=C/C(=C\C=C/C)c1cc(-c2cccc3c2-c2ccccc2C32c3ccccc3-c3ccccc32)cc(-c2ccc(-c3ccccc3)cc2)n1. The molecule has 0 saturated heterocycles. The third-order valence-electron chi connectivity index (χ3n) is 10.4. The molecule has 2 aliphatic rings. The van der Waals surface area contributed by atoms with Crippen molar-refractivity contribution in [2.24, 2.45) is 0 Å². The molecule has 0 saturated carbocycles. The van der Waals surface area contributed by atoms with Crippen molar-refractivity contribution < 1.29 is 0 Å². The summed E-state index contributed by atoms with van der Waals surface area (Å²) in [5.74, 6) is 0. The monoisotopic (exact) mass is 637 g/mol. The second-order valence-electron chi connectivity index (χ2n) is 13.0. The van der Waals surface area contributed by atoms with Gasteiger partial charge in [-0.15, -0.1) is 0 Å². The van der Waals surface area contributed by atoms with Gasteiger partial charge in [0.05, 0.1) is 16.8 Å². The van der Waals surface area contributed by atoms with Crippen LogP contribution < -0.4 is 0 Å². The number of nitrogens with zero attached hydrogens (tertiary/aromatic N) is 1. The van der Waals surface area contributed by atoms with Crippen molar-refractivity contribution in [3.63, 3.8) is 0 Å². The minimum absolute atomic E-state index is 0.390. The van der Waals surface area contributed by atoms with Crippen LogP contribution in [0.15, 0.2) is 189 Å². The highest BCUT2D eigenvalue weighted by atomic mass is 14.7. The van der Waals surface area contributed by atoms with E-state index in [1.165, 1.54) is 61.2 Å².